The number of likely N-dealkylation sites (N-methyl/N-ethyl adjacent to an activating group) is 1. The van der Waals surface area contributed by atoms with Crippen molar-refractivity contribution < 1.29 is 14.1 Å². The minimum atomic E-state index is 0.0314. The highest BCUT2D eigenvalue weighted by molar-refractivity contribution is 6.00. The van der Waals surface area contributed by atoms with Crippen molar-refractivity contribution in [2.75, 3.05) is 27.2 Å². The van der Waals surface area contributed by atoms with Crippen LogP contribution >= 0.6 is 0 Å². The first-order valence-corrected chi connectivity index (χ1v) is 11.8. The number of fused-ring (bicyclic) bond motifs is 1. The van der Waals surface area contributed by atoms with Crippen LogP contribution in [0.15, 0.2) is 88.4 Å². The second-order valence-corrected chi connectivity index (χ2v) is 9.33. The van der Waals surface area contributed by atoms with Crippen molar-refractivity contribution >= 4 is 12.1 Å². The molecule has 0 spiro atoms. The first-order valence-electron chi connectivity index (χ1n) is 11.8. The van der Waals surface area contributed by atoms with Crippen LogP contribution in [0.4, 0.5) is 0 Å². The third-order valence-corrected chi connectivity index (χ3v) is 6.54. The fourth-order valence-corrected chi connectivity index (χ4v) is 4.50. The highest BCUT2D eigenvalue weighted by Crippen LogP contribution is 2.43. The molecular formula is C27H32N5O2+. The summed E-state index contributed by atoms with van der Waals surface area (Å²) in [7, 11) is 4.12. The van der Waals surface area contributed by atoms with Gasteiger partial charge in [0, 0.05) is 12.5 Å². The van der Waals surface area contributed by atoms with E-state index in [4.69, 9.17) is 20.3 Å². The van der Waals surface area contributed by atoms with E-state index in [0.717, 1.165) is 60.1 Å². The maximum absolute atomic E-state index is 6.90. The molecule has 0 aromatic heterocycles. The summed E-state index contributed by atoms with van der Waals surface area (Å²) in [6, 6.07) is 18.2. The summed E-state index contributed by atoms with van der Waals surface area (Å²) in [4.78, 5) is 11.6. The number of nitrogens with two attached hydrogens (primary N) is 1. The molecule has 3 aliphatic rings. The normalized spacial score (nSPS) is 25.4. The Bertz CT molecular complexity index is 1150. The Morgan fingerprint density at radius 2 is 1.91 bits per heavy atom. The van der Waals surface area contributed by atoms with Crippen LogP contribution in [-0.4, -0.2) is 54.9 Å². The molecule has 7 heteroatoms. The van der Waals surface area contributed by atoms with Crippen LogP contribution in [-0.2, 0) is 11.3 Å². The molecule has 1 unspecified atom stereocenters. The summed E-state index contributed by atoms with van der Waals surface area (Å²) in [6.07, 6.45) is 7.68. The molecule has 5 rings (SSSR count). The molecule has 1 aliphatic carbocycles. The molecule has 2 heterocycles. The number of benzene rings is 2. The van der Waals surface area contributed by atoms with Gasteiger partial charge in [-0.2, -0.15) is 10.8 Å². The van der Waals surface area contributed by atoms with Crippen molar-refractivity contribution in [3.05, 3.63) is 89.5 Å². The Labute approximate surface area is 201 Å². The number of rotatable bonds is 9. The van der Waals surface area contributed by atoms with E-state index in [1.165, 1.54) is 0 Å². The van der Waals surface area contributed by atoms with Gasteiger partial charge in [0.2, 0.25) is 5.70 Å². The molecule has 2 aliphatic heterocycles. The van der Waals surface area contributed by atoms with Gasteiger partial charge in [-0.05, 0) is 50.7 Å². The number of hydrogen-bond acceptors (Lipinski definition) is 6. The van der Waals surface area contributed by atoms with Gasteiger partial charge < -0.3 is 14.4 Å². The lowest BCUT2D eigenvalue weighted by Gasteiger charge is -2.35. The minimum absolute atomic E-state index is 0.0314. The van der Waals surface area contributed by atoms with Crippen molar-refractivity contribution in [3.63, 3.8) is 0 Å². The average molecular weight is 459 g/mol. The molecule has 2 N–H and O–H groups in total. The van der Waals surface area contributed by atoms with E-state index in [1.807, 2.05) is 54.9 Å². The van der Waals surface area contributed by atoms with Crippen LogP contribution in [0.5, 0.6) is 5.75 Å². The Morgan fingerprint density at radius 3 is 2.71 bits per heavy atom. The summed E-state index contributed by atoms with van der Waals surface area (Å²) < 4.78 is 12.1. The summed E-state index contributed by atoms with van der Waals surface area (Å²) in [5.74, 6) is 8.81. The van der Waals surface area contributed by atoms with Crippen LogP contribution < -0.4 is 10.6 Å². The molecule has 0 amide bonds. The molecule has 0 radical (unpaired) electrons. The van der Waals surface area contributed by atoms with Crippen molar-refractivity contribution in [1.29, 1.82) is 0 Å². The van der Waals surface area contributed by atoms with Crippen molar-refractivity contribution in [3.8, 4) is 5.75 Å². The number of allylic oxidation sites excluding steroid dienone is 2. The lowest BCUT2D eigenvalue weighted by atomic mass is 9.79. The number of quaternary nitrogens is 1. The molecule has 176 valence electrons. The van der Waals surface area contributed by atoms with Gasteiger partial charge in [0.1, 0.15) is 24.3 Å². The number of ether oxygens (including phenoxy) is 2. The van der Waals surface area contributed by atoms with E-state index in [0.29, 0.717) is 12.5 Å². The Morgan fingerprint density at radius 1 is 1.09 bits per heavy atom. The predicted molar refractivity (Wildman–Crippen MR) is 134 cm³/mol. The largest absolute Gasteiger partial charge is 0.489 e. The van der Waals surface area contributed by atoms with E-state index >= 15 is 0 Å². The summed E-state index contributed by atoms with van der Waals surface area (Å²) in [5.41, 5.74) is 4.03. The standard InChI is InChI=1S/C27H32N5O2/c1-31(2)12-14-33-24-16-22(17-24)26-25-18-29-11-13-32(25,28)27(30-26)21-9-6-10-23(15-21)34-19-20-7-4-3-5-8-20/h3-11,13,15,18,22,24H,12,14,16-17,19,28H2,1-2H3/q+1. The number of nitrogens with zero attached hydrogens (tertiary/aromatic N) is 4. The van der Waals surface area contributed by atoms with Crippen molar-refractivity contribution in [2.45, 2.75) is 25.6 Å². The van der Waals surface area contributed by atoms with Gasteiger partial charge in [-0.1, -0.05) is 36.4 Å². The van der Waals surface area contributed by atoms with Crippen LogP contribution in [0.25, 0.3) is 0 Å². The summed E-state index contributed by atoms with van der Waals surface area (Å²) >= 11 is 0. The lowest BCUT2D eigenvalue weighted by molar-refractivity contribution is -0.750. The van der Waals surface area contributed by atoms with E-state index < -0.39 is 0 Å². The first kappa shape index (κ1) is 22.7. The molecule has 1 saturated carbocycles. The predicted octanol–water partition coefficient (Wildman–Crippen LogP) is 3.84. The molecule has 1 fully saturated rings. The van der Waals surface area contributed by atoms with Gasteiger partial charge >= 0.3 is 0 Å². The maximum Gasteiger partial charge on any atom is 0.265 e. The van der Waals surface area contributed by atoms with E-state index in [1.54, 1.807) is 6.20 Å². The van der Waals surface area contributed by atoms with Crippen LogP contribution in [0.3, 0.4) is 0 Å². The fourth-order valence-electron chi connectivity index (χ4n) is 4.50. The Balaban J connectivity index is 1.32. The Hall–Kier alpha value is -3.10. The number of aliphatic imine (C=N–C) groups is 2. The van der Waals surface area contributed by atoms with Crippen molar-refractivity contribution in [1.82, 2.24) is 4.90 Å². The van der Waals surface area contributed by atoms with Gasteiger partial charge in [0.15, 0.2) is 0 Å². The van der Waals surface area contributed by atoms with Crippen LogP contribution in [0.1, 0.15) is 24.0 Å². The first-order chi connectivity index (χ1) is 16.5. The monoisotopic (exact) mass is 458 g/mol. The fraction of sp³-hybridized carbons (Fsp3) is 0.333. The van der Waals surface area contributed by atoms with Gasteiger partial charge in [0.25, 0.3) is 5.84 Å². The van der Waals surface area contributed by atoms with E-state index in [-0.39, 0.29) is 10.7 Å². The second kappa shape index (κ2) is 9.64. The zero-order valence-corrected chi connectivity index (χ0v) is 19.8. The van der Waals surface area contributed by atoms with Crippen LogP contribution in [0.2, 0.25) is 0 Å². The average Bonchev–Trinajstić information content (AvgIpc) is 3.12. The smallest absolute Gasteiger partial charge is 0.265 e. The highest BCUT2D eigenvalue weighted by atomic mass is 16.5. The van der Waals surface area contributed by atoms with Crippen LogP contribution in [0, 0.1) is 5.92 Å². The quantitative estimate of drug-likeness (QED) is 0.458. The maximum atomic E-state index is 6.90. The van der Waals surface area contributed by atoms with Gasteiger partial charge in [-0.25, -0.2) is 0 Å². The summed E-state index contributed by atoms with van der Waals surface area (Å²) in [5, 5.41) is 0. The van der Waals surface area contributed by atoms with Gasteiger partial charge in [-0.3, -0.25) is 4.99 Å². The second-order valence-electron chi connectivity index (χ2n) is 9.33. The highest BCUT2D eigenvalue weighted by Gasteiger charge is 2.48. The molecule has 0 bridgehead atoms. The number of hydrogen-bond donors (Lipinski definition) is 1. The third-order valence-electron chi connectivity index (χ3n) is 6.54. The molecule has 34 heavy (non-hydrogen) atoms. The molecule has 0 saturated heterocycles. The van der Waals surface area contributed by atoms with Crippen molar-refractivity contribution in [2.24, 2.45) is 21.7 Å². The molecule has 7 nitrogen and oxygen atoms in total. The summed E-state index contributed by atoms with van der Waals surface area (Å²) in [6.45, 7) is 2.19. The molecule has 2 aromatic carbocycles. The third kappa shape index (κ3) is 4.60. The minimum Gasteiger partial charge on any atom is -0.489 e. The van der Waals surface area contributed by atoms with E-state index in [2.05, 4.69) is 36.1 Å². The molecular weight excluding hydrogens is 426 g/mol. The van der Waals surface area contributed by atoms with E-state index in [9.17, 15) is 0 Å². The SMILES string of the molecule is CN(C)CCOC1CC(C2=C3C=NC=C[N+]3(N)C(c3cccc(OCc4ccccc4)c3)=N2)C1. The van der Waals surface area contributed by atoms with Gasteiger partial charge in [-0.15, -0.1) is 4.59 Å². The number of amidine groups is 1. The zero-order chi connectivity index (χ0) is 23.5. The zero-order valence-electron chi connectivity index (χ0n) is 19.8. The molecule has 1 atom stereocenters. The lowest BCUT2D eigenvalue weighted by Crippen LogP contribution is -2.53. The Kier molecular flexibility index (Phi) is 6.43. The molecule has 2 aromatic rings. The topological polar surface area (TPSA) is 72.4 Å². The van der Waals surface area contributed by atoms with Gasteiger partial charge in [0.05, 0.1) is 30.7 Å².